The molecule has 0 N–H and O–H groups in total. The summed E-state index contributed by atoms with van der Waals surface area (Å²) in [5, 5.41) is 0. The van der Waals surface area contributed by atoms with Crippen molar-refractivity contribution in [3.63, 3.8) is 0 Å². The Morgan fingerprint density at radius 2 is 2.56 bits per heavy atom. The zero-order valence-electron chi connectivity index (χ0n) is 5.42. The van der Waals surface area contributed by atoms with Crippen molar-refractivity contribution in [1.82, 2.24) is 0 Å². The summed E-state index contributed by atoms with van der Waals surface area (Å²) in [5.74, 6) is -0.145. The second-order valence-corrected chi connectivity index (χ2v) is 2.07. The highest BCUT2D eigenvalue weighted by Crippen LogP contribution is 2.09. The van der Waals surface area contributed by atoms with Crippen LogP contribution >= 0.6 is 0 Å². The molecule has 0 aromatic carbocycles. The quantitative estimate of drug-likeness (QED) is 0.480. The van der Waals surface area contributed by atoms with Gasteiger partial charge in [-0.25, -0.2) is 0 Å². The Kier molecular flexibility index (Phi) is 2.05. The van der Waals surface area contributed by atoms with E-state index in [-0.39, 0.29) is 12.1 Å². The number of carbonyl (C=O) groups excluding carboxylic acids is 1. The number of carbonyl (C=O) groups is 1. The van der Waals surface area contributed by atoms with Gasteiger partial charge in [-0.15, -0.1) is 0 Å². The molecule has 1 aliphatic rings. The molecule has 52 valence electrons. The second-order valence-electron chi connectivity index (χ2n) is 2.07. The highest BCUT2D eigenvalue weighted by atomic mass is 16.5. The topological polar surface area (TPSA) is 35.5 Å². The lowest BCUT2D eigenvalue weighted by molar-refractivity contribution is -0.152. The van der Waals surface area contributed by atoms with Gasteiger partial charge in [-0.3, -0.25) is 4.79 Å². The standard InChI is InChI=1S/C6H10O3/c1-8-5-2-3-9-6(7)4-5/h5H,2-4H2,1H3/t5-/m1/s1. The number of ether oxygens (including phenoxy) is 2. The maximum Gasteiger partial charge on any atom is 0.308 e. The van der Waals surface area contributed by atoms with Crippen LogP contribution in [0.4, 0.5) is 0 Å². The molecule has 1 rings (SSSR count). The van der Waals surface area contributed by atoms with Crippen LogP contribution in [0.15, 0.2) is 0 Å². The fourth-order valence-electron chi connectivity index (χ4n) is 0.852. The van der Waals surface area contributed by atoms with E-state index >= 15 is 0 Å². The lowest BCUT2D eigenvalue weighted by atomic mass is 10.1. The Balaban J connectivity index is 2.32. The van der Waals surface area contributed by atoms with E-state index in [1.807, 2.05) is 0 Å². The van der Waals surface area contributed by atoms with Crippen molar-refractivity contribution in [3.8, 4) is 0 Å². The molecule has 0 aliphatic carbocycles. The Morgan fingerprint density at radius 1 is 1.78 bits per heavy atom. The minimum absolute atomic E-state index is 0.0891. The average Bonchev–Trinajstić information content (AvgIpc) is 1.88. The summed E-state index contributed by atoms with van der Waals surface area (Å²) in [6.07, 6.45) is 1.34. The van der Waals surface area contributed by atoms with E-state index in [1.165, 1.54) is 0 Å². The van der Waals surface area contributed by atoms with Gasteiger partial charge in [0, 0.05) is 13.5 Å². The summed E-state index contributed by atoms with van der Waals surface area (Å²) >= 11 is 0. The molecule has 0 radical (unpaired) electrons. The third-order valence-electron chi connectivity index (χ3n) is 1.43. The zero-order valence-corrected chi connectivity index (χ0v) is 5.42. The fourth-order valence-corrected chi connectivity index (χ4v) is 0.852. The third kappa shape index (κ3) is 1.68. The van der Waals surface area contributed by atoms with Gasteiger partial charge in [0.1, 0.15) is 0 Å². The minimum Gasteiger partial charge on any atom is -0.465 e. The molecule has 0 unspecified atom stereocenters. The van der Waals surface area contributed by atoms with Gasteiger partial charge in [0.15, 0.2) is 0 Å². The molecule has 0 aromatic rings. The number of rotatable bonds is 1. The van der Waals surface area contributed by atoms with Gasteiger partial charge in [-0.1, -0.05) is 0 Å². The van der Waals surface area contributed by atoms with Crippen molar-refractivity contribution in [1.29, 1.82) is 0 Å². The SMILES string of the molecule is CO[C@@H]1CCOC(=O)C1. The number of esters is 1. The van der Waals surface area contributed by atoms with Crippen molar-refractivity contribution >= 4 is 5.97 Å². The second kappa shape index (κ2) is 2.82. The Hall–Kier alpha value is -0.570. The molecule has 0 bridgehead atoms. The molecule has 3 heteroatoms. The molecular formula is C6H10O3. The van der Waals surface area contributed by atoms with Crippen LogP contribution in [0.25, 0.3) is 0 Å². The van der Waals surface area contributed by atoms with Gasteiger partial charge in [0.25, 0.3) is 0 Å². The van der Waals surface area contributed by atoms with Crippen LogP contribution < -0.4 is 0 Å². The molecule has 0 spiro atoms. The van der Waals surface area contributed by atoms with Gasteiger partial charge >= 0.3 is 5.97 Å². The predicted octanol–water partition coefficient (Wildman–Crippen LogP) is 0.338. The number of cyclic esters (lactones) is 1. The van der Waals surface area contributed by atoms with Crippen molar-refractivity contribution in [2.75, 3.05) is 13.7 Å². The molecule has 0 amide bonds. The largest absolute Gasteiger partial charge is 0.465 e. The lowest BCUT2D eigenvalue weighted by Crippen LogP contribution is -2.26. The minimum atomic E-state index is -0.145. The van der Waals surface area contributed by atoms with Crippen LogP contribution in [0, 0.1) is 0 Å². The van der Waals surface area contributed by atoms with E-state index in [0.29, 0.717) is 13.0 Å². The highest BCUT2D eigenvalue weighted by molar-refractivity contribution is 5.70. The summed E-state index contributed by atoms with van der Waals surface area (Å²) in [5.41, 5.74) is 0. The molecule has 1 aliphatic heterocycles. The van der Waals surface area contributed by atoms with Crippen molar-refractivity contribution < 1.29 is 14.3 Å². The van der Waals surface area contributed by atoms with Crippen LogP contribution in [0.2, 0.25) is 0 Å². The summed E-state index contributed by atoms with van der Waals surface area (Å²) in [7, 11) is 1.61. The average molecular weight is 130 g/mol. The van der Waals surface area contributed by atoms with Crippen molar-refractivity contribution in [2.45, 2.75) is 18.9 Å². The molecule has 1 saturated heterocycles. The van der Waals surface area contributed by atoms with Crippen molar-refractivity contribution in [2.24, 2.45) is 0 Å². The number of methoxy groups -OCH3 is 1. The zero-order chi connectivity index (χ0) is 6.69. The maximum absolute atomic E-state index is 10.5. The highest BCUT2D eigenvalue weighted by Gasteiger charge is 2.19. The summed E-state index contributed by atoms with van der Waals surface area (Å²) < 4.78 is 9.65. The van der Waals surface area contributed by atoms with E-state index in [9.17, 15) is 4.79 Å². The van der Waals surface area contributed by atoms with E-state index in [2.05, 4.69) is 0 Å². The first-order valence-electron chi connectivity index (χ1n) is 3.01. The van der Waals surface area contributed by atoms with Crippen LogP contribution in [0.3, 0.4) is 0 Å². The first kappa shape index (κ1) is 6.55. The summed E-state index contributed by atoms with van der Waals surface area (Å²) in [6.45, 7) is 0.511. The summed E-state index contributed by atoms with van der Waals surface area (Å²) in [4.78, 5) is 10.5. The summed E-state index contributed by atoms with van der Waals surface area (Å²) in [6, 6.07) is 0. The molecule has 1 atom stereocenters. The third-order valence-corrected chi connectivity index (χ3v) is 1.43. The molecule has 0 saturated carbocycles. The molecule has 3 nitrogen and oxygen atoms in total. The molecular weight excluding hydrogens is 120 g/mol. The van der Waals surface area contributed by atoms with E-state index < -0.39 is 0 Å². The fraction of sp³-hybridized carbons (Fsp3) is 0.833. The van der Waals surface area contributed by atoms with Crippen LogP contribution in [0.1, 0.15) is 12.8 Å². The van der Waals surface area contributed by atoms with Gasteiger partial charge in [-0.05, 0) is 0 Å². The number of hydrogen-bond acceptors (Lipinski definition) is 3. The van der Waals surface area contributed by atoms with Crippen LogP contribution in [-0.2, 0) is 14.3 Å². The normalized spacial score (nSPS) is 27.7. The van der Waals surface area contributed by atoms with E-state index in [0.717, 1.165) is 6.42 Å². The Labute approximate surface area is 53.9 Å². The predicted molar refractivity (Wildman–Crippen MR) is 31.0 cm³/mol. The molecule has 9 heavy (non-hydrogen) atoms. The van der Waals surface area contributed by atoms with Gasteiger partial charge in [0.05, 0.1) is 19.1 Å². The van der Waals surface area contributed by atoms with Crippen LogP contribution in [-0.4, -0.2) is 25.8 Å². The first-order chi connectivity index (χ1) is 4.33. The first-order valence-corrected chi connectivity index (χ1v) is 3.01. The monoisotopic (exact) mass is 130 g/mol. The van der Waals surface area contributed by atoms with Gasteiger partial charge in [0.2, 0.25) is 0 Å². The van der Waals surface area contributed by atoms with Crippen molar-refractivity contribution in [3.05, 3.63) is 0 Å². The van der Waals surface area contributed by atoms with Crippen LogP contribution in [0.5, 0.6) is 0 Å². The molecule has 1 heterocycles. The molecule has 0 aromatic heterocycles. The molecule has 1 fully saturated rings. The van der Waals surface area contributed by atoms with E-state index in [4.69, 9.17) is 9.47 Å². The smallest absolute Gasteiger partial charge is 0.308 e. The van der Waals surface area contributed by atoms with E-state index in [1.54, 1.807) is 7.11 Å². The lowest BCUT2D eigenvalue weighted by Gasteiger charge is -2.19. The van der Waals surface area contributed by atoms with Gasteiger partial charge in [-0.2, -0.15) is 0 Å². The van der Waals surface area contributed by atoms with Gasteiger partial charge < -0.3 is 9.47 Å². The maximum atomic E-state index is 10.5. The number of hydrogen-bond donors (Lipinski definition) is 0. The Morgan fingerprint density at radius 3 is 3.00 bits per heavy atom. The Bertz CT molecular complexity index is 111.